The monoisotopic (exact) mass is 443 g/mol. The third kappa shape index (κ3) is 5.53. The molecule has 8 nitrogen and oxygen atoms in total. The van der Waals surface area contributed by atoms with Crippen molar-refractivity contribution in [3.63, 3.8) is 0 Å². The van der Waals surface area contributed by atoms with Crippen LogP contribution in [-0.4, -0.2) is 67.3 Å². The number of benzene rings is 1. The molecule has 3 rings (SSSR count). The highest BCUT2D eigenvalue weighted by molar-refractivity contribution is 5.92. The first-order chi connectivity index (χ1) is 15.6. The van der Waals surface area contributed by atoms with Crippen molar-refractivity contribution in [2.45, 2.75) is 58.4 Å². The number of piperidine rings is 1. The van der Waals surface area contributed by atoms with Gasteiger partial charge in [-0.15, -0.1) is 0 Å². The van der Waals surface area contributed by atoms with Crippen LogP contribution in [0, 0.1) is 0 Å². The van der Waals surface area contributed by atoms with Gasteiger partial charge in [-0.25, -0.2) is 14.8 Å². The van der Waals surface area contributed by atoms with E-state index in [9.17, 15) is 4.79 Å². The smallest absolute Gasteiger partial charge is 0.317 e. The summed E-state index contributed by atoms with van der Waals surface area (Å²) >= 11 is 0. The van der Waals surface area contributed by atoms with Crippen LogP contribution in [0.1, 0.15) is 52.4 Å². The van der Waals surface area contributed by atoms with E-state index < -0.39 is 0 Å². The lowest BCUT2D eigenvalue weighted by Crippen LogP contribution is -2.51. The largest absolute Gasteiger partial charge is 0.493 e. The van der Waals surface area contributed by atoms with Gasteiger partial charge >= 0.3 is 6.03 Å². The average molecular weight is 444 g/mol. The third-order valence-electron chi connectivity index (χ3n) is 6.14. The number of carbonyl (C=O) groups excluding carboxylic acids is 1. The van der Waals surface area contributed by atoms with Gasteiger partial charge in [-0.05, 0) is 31.7 Å². The zero-order chi connectivity index (χ0) is 22.9. The maximum atomic E-state index is 12.8. The lowest BCUT2D eigenvalue weighted by atomic mass is 10.0. The van der Waals surface area contributed by atoms with Gasteiger partial charge in [0.2, 0.25) is 0 Å². The molecule has 0 aliphatic carbocycles. The molecule has 2 aromatic rings. The number of rotatable bonds is 10. The van der Waals surface area contributed by atoms with Crippen molar-refractivity contribution in [1.82, 2.24) is 20.2 Å². The number of ether oxygens (including phenoxy) is 2. The summed E-state index contributed by atoms with van der Waals surface area (Å²) < 4.78 is 10.9. The first-order valence-electron chi connectivity index (χ1n) is 11.8. The molecule has 8 heteroatoms. The van der Waals surface area contributed by atoms with Crippen LogP contribution in [0.5, 0.6) is 11.5 Å². The molecule has 2 heterocycles. The molecular weight excluding hydrogens is 406 g/mol. The van der Waals surface area contributed by atoms with Crippen LogP contribution in [-0.2, 0) is 0 Å². The second kappa shape index (κ2) is 11.7. The second-order valence-corrected chi connectivity index (χ2v) is 8.27. The van der Waals surface area contributed by atoms with Crippen molar-refractivity contribution < 1.29 is 14.3 Å². The van der Waals surface area contributed by atoms with Gasteiger partial charge in [0, 0.05) is 43.7 Å². The number of aromatic nitrogens is 2. The van der Waals surface area contributed by atoms with Crippen LogP contribution >= 0.6 is 0 Å². The van der Waals surface area contributed by atoms with Gasteiger partial charge in [-0.3, -0.25) is 0 Å². The molecule has 2 amide bonds. The number of hydrogen-bond donors (Lipinski definition) is 1. The average Bonchev–Trinajstić information content (AvgIpc) is 2.83. The van der Waals surface area contributed by atoms with Crippen molar-refractivity contribution in [3.05, 3.63) is 18.5 Å². The van der Waals surface area contributed by atoms with Gasteiger partial charge in [-0.1, -0.05) is 26.7 Å². The minimum absolute atomic E-state index is 0.0784. The van der Waals surface area contributed by atoms with Crippen molar-refractivity contribution in [2.75, 3.05) is 45.3 Å². The maximum absolute atomic E-state index is 12.8. The van der Waals surface area contributed by atoms with Crippen LogP contribution in [0.15, 0.2) is 18.5 Å². The summed E-state index contributed by atoms with van der Waals surface area (Å²) in [4.78, 5) is 26.2. The highest BCUT2D eigenvalue weighted by Gasteiger charge is 2.29. The number of urea groups is 1. The molecule has 1 aliphatic rings. The SMILES string of the molecule is CCCCNC(=O)N(CCCC)C1CCN(c2ncnc3cc(OC)c(OC)cc23)CC1. The Balaban J connectivity index is 1.73. The second-order valence-electron chi connectivity index (χ2n) is 8.27. The van der Waals surface area contributed by atoms with Gasteiger partial charge < -0.3 is 24.6 Å². The summed E-state index contributed by atoms with van der Waals surface area (Å²) in [6, 6.07) is 4.17. The van der Waals surface area contributed by atoms with Gasteiger partial charge in [0.05, 0.1) is 19.7 Å². The number of nitrogens with zero attached hydrogens (tertiary/aromatic N) is 4. The summed E-state index contributed by atoms with van der Waals surface area (Å²) in [5.41, 5.74) is 0.828. The third-order valence-corrected chi connectivity index (χ3v) is 6.14. The Hall–Kier alpha value is -2.77. The molecule has 176 valence electrons. The van der Waals surface area contributed by atoms with Crippen molar-refractivity contribution in [1.29, 1.82) is 0 Å². The van der Waals surface area contributed by atoms with Crippen LogP contribution in [0.4, 0.5) is 10.6 Å². The molecule has 0 unspecified atom stereocenters. The summed E-state index contributed by atoms with van der Waals surface area (Å²) in [7, 11) is 3.26. The molecule has 1 fully saturated rings. The fourth-order valence-electron chi connectivity index (χ4n) is 4.26. The fourth-order valence-corrected chi connectivity index (χ4v) is 4.26. The van der Waals surface area contributed by atoms with E-state index >= 15 is 0 Å². The Kier molecular flexibility index (Phi) is 8.76. The van der Waals surface area contributed by atoms with Crippen LogP contribution in [0.2, 0.25) is 0 Å². The molecule has 1 saturated heterocycles. The molecule has 32 heavy (non-hydrogen) atoms. The number of fused-ring (bicyclic) bond motifs is 1. The molecule has 1 aromatic carbocycles. The lowest BCUT2D eigenvalue weighted by molar-refractivity contribution is 0.161. The van der Waals surface area contributed by atoms with Gasteiger partial charge in [0.25, 0.3) is 0 Å². The summed E-state index contributed by atoms with van der Waals surface area (Å²) in [6.45, 7) is 7.55. The number of unbranched alkanes of at least 4 members (excludes halogenated alkanes) is 2. The predicted octanol–water partition coefficient (Wildman–Crippen LogP) is 4.23. The Morgan fingerprint density at radius 1 is 1.09 bits per heavy atom. The summed E-state index contributed by atoms with van der Waals surface area (Å²) in [5.74, 6) is 2.23. The minimum Gasteiger partial charge on any atom is -0.493 e. The molecule has 0 atom stereocenters. The first kappa shape index (κ1) is 23.9. The van der Waals surface area contributed by atoms with Gasteiger partial charge in [0.15, 0.2) is 11.5 Å². The van der Waals surface area contributed by atoms with E-state index in [-0.39, 0.29) is 12.1 Å². The van der Waals surface area contributed by atoms with E-state index in [0.717, 1.165) is 81.4 Å². The first-order valence-corrected chi connectivity index (χ1v) is 11.8. The van der Waals surface area contributed by atoms with E-state index in [2.05, 4.69) is 38.9 Å². The molecule has 1 N–H and O–H groups in total. The van der Waals surface area contributed by atoms with Gasteiger partial charge in [-0.2, -0.15) is 0 Å². The number of amides is 2. The molecular formula is C24H37N5O3. The topological polar surface area (TPSA) is 79.8 Å². The van der Waals surface area contributed by atoms with Crippen LogP contribution in [0.3, 0.4) is 0 Å². The van der Waals surface area contributed by atoms with Crippen molar-refractivity contribution >= 4 is 22.8 Å². The number of hydrogen-bond acceptors (Lipinski definition) is 6. The van der Waals surface area contributed by atoms with E-state index in [1.807, 2.05) is 12.1 Å². The lowest BCUT2D eigenvalue weighted by Gasteiger charge is -2.39. The van der Waals surface area contributed by atoms with E-state index in [0.29, 0.717) is 11.5 Å². The highest BCUT2D eigenvalue weighted by atomic mass is 16.5. The zero-order valence-electron chi connectivity index (χ0n) is 19.9. The number of methoxy groups -OCH3 is 2. The van der Waals surface area contributed by atoms with E-state index in [1.54, 1.807) is 20.5 Å². The maximum Gasteiger partial charge on any atom is 0.317 e. The van der Waals surface area contributed by atoms with Crippen LogP contribution in [0.25, 0.3) is 10.9 Å². The number of anilines is 1. The molecule has 0 spiro atoms. The van der Waals surface area contributed by atoms with Gasteiger partial charge in [0.1, 0.15) is 12.1 Å². The molecule has 0 radical (unpaired) electrons. The van der Waals surface area contributed by atoms with Crippen molar-refractivity contribution in [2.24, 2.45) is 0 Å². The normalized spacial score (nSPS) is 14.4. The minimum atomic E-state index is 0.0784. The quantitative estimate of drug-likeness (QED) is 0.554. The predicted molar refractivity (Wildman–Crippen MR) is 128 cm³/mol. The van der Waals surface area contributed by atoms with Crippen molar-refractivity contribution in [3.8, 4) is 11.5 Å². The zero-order valence-corrected chi connectivity index (χ0v) is 19.9. The Morgan fingerprint density at radius 2 is 1.78 bits per heavy atom. The summed E-state index contributed by atoms with van der Waals surface area (Å²) in [5, 5.41) is 4.06. The number of nitrogens with one attached hydrogen (secondary N) is 1. The molecule has 0 bridgehead atoms. The Bertz CT molecular complexity index is 883. The Labute approximate surface area is 191 Å². The highest BCUT2D eigenvalue weighted by Crippen LogP contribution is 2.35. The Morgan fingerprint density at radius 3 is 2.44 bits per heavy atom. The summed E-state index contributed by atoms with van der Waals surface area (Å²) in [6.07, 6.45) is 7.64. The fraction of sp³-hybridized carbons (Fsp3) is 0.625. The van der Waals surface area contributed by atoms with E-state index in [4.69, 9.17) is 9.47 Å². The molecule has 1 aromatic heterocycles. The molecule has 0 saturated carbocycles. The number of carbonyl (C=O) groups is 1. The van der Waals surface area contributed by atoms with E-state index in [1.165, 1.54) is 0 Å². The molecule has 1 aliphatic heterocycles. The van der Waals surface area contributed by atoms with Crippen LogP contribution < -0.4 is 19.7 Å². The standard InChI is InChI=1S/C24H37N5O3/c1-5-7-11-25-24(30)29(12-8-6-2)18-9-13-28(14-10-18)23-19-15-21(31-3)22(32-4)16-20(19)26-17-27-23/h15-18H,5-14H2,1-4H3,(H,25,30).